The number of anilines is 1. The highest BCUT2D eigenvalue weighted by atomic mass is 32.2. The highest BCUT2D eigenvalue weighted by Gasteiger charge is 2.32. The number of pyridine rings is 1. The van der Waals surface area contributed by atoms with Crippen LogP contribution in [-0.2, 0) is 9.84 Å². The van der Waals surface area contributed by atoms with Crippen LogP contribution in [0.15, 0.2) is 39.9 Å². The average molecular weight is 392 g/mol. The first kappa shape index (κ1) is 19.9. The Morgan fingerprint density at radius 2 is 1.89 bits per heavy atom. The standard InChI is InChI=1S/C20H29N3O3S/c1-15-7-9-18(26-15)17(23-11-5-6-12-23)14-21-16-8-10-19(22-13-16)27(24,25)20(2,3)4/h7-10,13,17,21H,5-6,11-12,14H2,1-4H3. The molecule has 1 aliphatic rings. The maximum atomic E-state index is 12.5. The van der Waals surface area contributed by atoms with Gasteiger partial charge in [-0.2, -0.15) is 0 Å². The molecule has 0 aromatic carbocycles. The Balaban J connectivity index is 1.72. The van der Waals surface area contributed by atoms with Gasteiger partial charge < -0.3 is 9.73 Å². The van der Waals surface area contributed by atoms with E-state index in [0.29, 0.717) is 6.54 Å². The molecule has 1 unspecified atom stereocenters. The number of likely N-dealkylation sites (tertiary alicyclic amines) is 1. The molecule has 0 bridgehead atoms. The van der Waals surface area contributed by atoms with Crippen LogP contribution in [0.3, 0.4) is 0 Å². The van der Waals surface area contributed by atoms with E-state index in [1.807, 2.05) is 19.1 Å². The van der Waals surface area contributed by atoms with Crippen LogP contribution in [0.4, 0.5) is 5.69 Å². The topological polar surface area (TPSA) is 75.4 Å². The van der Waals surface area contributed by atoms with Crippen molar-refractivity contribution in [3.8, 4) is 0 Å². The number of nitrogens with one attached hydrogen (secondary N) is 1. The summed E-state index contributed by atoms with van der Waals surface area (Å²) in [6.45, 7) is 9.81. The summed E-state index contributed by atoms with van der Waals surface area (Å²) in [7, 11) is -3.44. The Hall–Kier alpha value is -1.86. The second kappa shape index (κ2) is 7.64. The smallest absolute Gasteiger partial charge is 0.200 e. The van der Waals surface area contributed by atoms with Gasteiger partial charge in [0, 0.05) is 6.54 Å². The van der Waals surface area contributed by atoms with E-state index in [1.54, 1.807) is 39.1 Å². The monoisotopic (exact) mass is 391 g/mol. The molecular weight excluding hydrogens is 362 g/mol. The van der Waals surface area contributed by atoms with Crippen molar-refractivity contribution in [2.45, 2.75) is 56.4 Å². The fourth-order valence-electron chi connectivity index (χ4n) is 3.27. The van der Waals surface area contributed by atoms with Crippen LogP contribution in [0.2, 0.25) is 0 Å². The highest BCUT2D eigenvalue weighted by Crippen LogP contribution is 2.28. The lowest BCUT2D eigenvalue weighted by atomic mass is 10.2. The van der Waals surface area contributed by atoms with Crippen LogP contribution >= 0.6 is 0 Å². The number of hydrogen-bond acceptors (Lipinski definition) is 6. The molecular formula is C20H29N3O3S. The van der Waals surface area contributed by atoms with Crippen LogP contribution in [-0.4, -0.2) is 42.7 Å². The van der Waals surface area contributed by atoms with E-state index in [2.05, 4.69) is 15.2 Å². The average Bonchev–Trinajstić information content (AvgIpc) is 3.27. The Morgan fingerprint density at radius 3 is 2.41 bits per heavy atom. The van der Waals surface area contributed by atoms with Crippen LogP contribution in [0.5, 0.6) is 0 Å². The van der Waals surface area contributed by atoms with E-state index >= 15 is 0 Å². The Kier molecular flexibility index (Phi) is 5.63. The Labute approximate surface area is 161 Å². The van der Waals surface area contributed by atoms with E-state index in [9.17, 15) is 8.42 Å². The van der Waals surface area contributed by atoms with E-state index in [4.69, 9.17) is 4.42 Å². The summed E-state index contributed by atoms with van der Waals surface area (Å²) >= 11 is 0. The molecule has 1 aliphatic heterocycles. The third-order valence-electron chi connectivity index (χ3n) is 4.99. The number of sulfone groups is 1. The fourth-order valence-corrected chi connectivity index (χ4v) is 4.33. The quantitative estimate of drug-likeness (QED) is 0.807. The molecule has 0 saturated carbocycles. The summed E-state index contributed by atoms with van der Waals surface area (Å²) in [5, 5.41) is 3.50. The second-order valence-corrected chi connectivity index (χ2v) is 10.7. The van der Waals surface area contributed by atoms with Gasteiger partial charge >= 0.3 is 0 Å². The minimum atomic E-state index is -3.44. The normalized spacial score (nSPS) is 17.2. The summed E-state index contributed by atoms with van der Waals surface area (Å²) in [6.07, 6.45) is 4.00. The van der Waals surface area contributed by atoms with Crippen molar-refractivity contribution in [1.82, 2.24) is 9.88 Å². The zero-order valence-electron chi connectivity index (χ0n) is 16.5. The van der Waals surface area contributed by atoms with E-state index in [1.165, 1.54) is 12.8 Å². The molecule has 0 amide bonds. The summed E-state index contributed by atoms with van der Waals surface area (Å²) in [6, 6.07) is 7.54. The highest BCUT2D eigenvalue weighted by molar-refractivity contribution is 7.92. The van der Waals surface area contributed by atoms with Crippen molar-refractivity contribution in [3.05, 3.63) is 42.0 Å². The first-order valence-electron chi connectivity index (χ1n) is 9.43. The van der Waals surface area contributed by atoms with Crippen LogP contribution in [0.1, 0.15) is 51.2 Å². The van der Waals surface area contributed by atoms with Gasteiger partial charge in [0.2, 0.25) is 0 Å². The number of hydrogen-bond donors (Lipinski definition) is 1. The lowest BCUT2D eigenvalue weighted by Gasteiger charge is -2.26. The van der Waals surface area contributed by atoms with Crippen molar-refractivity contribution in [2.24, 2.45) is 0 Å². The van der Waals surface area contributed by atoms with Crippen molar-refractivity contribution in [1.29, 1.82) is 0 Å². The minimum Gasteiger partial charge on any atom is -0.465 e. The first-order valence-corrected chi connectivity index (χ1v) is 10.9. The molecule has 0 spiro atoms. The molecule has 1 N–H and O–H groups in total. The maximum Gasteiger partial charge on any atom is 0.200 e. The predicted octanol–water partition coefficient (Wildman–Crippen LogP) is 3.80. The molecule has 148 valence electrons. The summed E-state index contributed by atoms with van der Waals surface area (Å²) in [5.41, 5.74) is 0.801. The van der Waals surface area contributed by atoms with Gasteiger partial charge in [0.1, 0.15) is 11.5 Å². The summed E-state index contributed by atoms with van der Waals surface area (Å²) < 4.78 is 30.0. The lowest BCUT2D eigenvalue weighted by Crippen LogP contribution is -2.31. The zero-order valence-corrected chi connectivity index (χ0v) is 17.3. The van der Waals surface area contributed by atoms with Crippen molar-refractivity contribution in [3.63, 3.8) is 0 Å². The number of furan rings is 1. The van der Waals surface area contributed by atoms with Crippen molar-refractivity contribution in [2.75, 3.05) is 25.0 Å². The van der Waals surface area contributed by atoms with Gasteiger partial charge in [0.05, 0.1) is 22.7 Å². The van der Waals surface area contributed by atoms with E-state index in [0.717, 1.165) is 30.3 Å². The van der Waals surface area contributed by atoms with Gasteiger partial charge in [-0.05, 0) is 77.9 Å². The molecule has 27 heavy (non-hydrogen) atoms. The summed E-state index contributed by atoms with van der Waals surface area (Å²) in [5.74, 6) is 1.87. The lowest BCUT2D eigenvalue weighted by molar-refractivity contribution is 0.223. The van der Waals surface area contributed by atoms with Crippen molar-refractivity contribution >= 4 is 15.5 Å². The maximum absolute atomic E-state index is 12.5. The fraction of sp³-hybridized carbons (Fsp3) is 0.550. The number of aromatic nitrogens is 1. The molecule has 1 atom stereocenters. The number of nitrogens with zero attached hydrogens (tertiary/aromatic N) is 2. The molecule has 0 radical (unpaired) electrons. The van der Waals surface area contributed by atoms with Crippen LogP contribution in [0.25, 0.3) is 0 Å². The Morgan fingerprint density at radius 1 is 1.19 bits per heavy atom. The van der Waals surface area contributed by atoms with Gasteiger partial charge in [0.15, 0.2) is 14.9 Å². The molecule has 2 aromatic rings. The molecule has 1 fully saturated rings. The third kappa shape index (κ3) is 4.35. The molecule has 7 heteroatoms. The molecule has 1 saturated heterocycles. The van der Waals surface area contributed by atoms with Gasteiger partial charge in [0.25, 0.3) is 0 Å². The van der Waals surface area contributed by atoms with Crippen LogP contribution < -0.4 is 5.32 Å². The Bertz CT molecular complexity index is 861. The molecule has 3 rings (SSSR count). The number of aryl methyl sites for hydroxylation is 1. The van der Waals surface area contributed by atoms with Crippen molar-refractivity contribution < 1.29 is 12.8 Å². The van der Waals surface area contributed by atoms with E-state index in [-0.39, 0.29) is 11.1 Å². The van der Waals surface area contributed by atoms with Gasteiger partial charge in [-0.15, -0.1) is 0 Å². The predicted molar refractivity (Wildman–Crippen MR) is 107 cm³/mol. The number of rotatable bonds is 6. The second-order valence-electron chi connectivity index (χ2n) is 8.09. The third-order valence-corrected chi connectivity index (χ3v) is 7.39. The zero-order chi connectivity index (χ0) is 19.7. The molecule has 2 aromatic heterocycles. The van der Waals surface area contributed by atoms with E-state index < -0.39 is 14.6 Å². The largest absolute Gasteiger partial charge is 0.465 e. The first-order chi connectivity index (χ1) is 12.7. The SMILES string of the molecule is Cc1ccc(C(CNc2ccc(S(=O)(=O)C(C)(C)C)nc2)N2CCCC2)o1. The molecule has 6 nitrogen and oxygen atoms in total. The van der Waals surface area contributed by atoms with Gasteiger partial charge in [-0.3, -0.25) is 4.90 Å². The minimum absolute atomic E-state index is 0.110. The molecule has 0 aliphatic carbocycles. The van der Waals surface area contributed by atoms with Gasteiger partial charge in [-0.1, -0.05) is 0 Å². The summed E-state index contributed by atoms with van der Waals surface area (Å²) in [4.78, 5) is 6.61. The van der Waals surface area contributed by atoms with Gasteiger partial charge in [-0.25, -0.2) is 13.4 Å². The van der Waals surface area contributed by atoms with Crippen LogP contribution in [0, 0.1) is 6.92 Å². The molecule has 3 heterocycles.